The molecule has 2 rings (SSSR count). The highest BCUT2D eigenvalue weighted by Crippen LogP contribution is 2.19. The summed E-state index contributed by atoms with van der Waals surface area (Å²) in [5, 5.41) is 0. The molecule has 0 spiro atoms. The molecule has 0 saturated carbocycles. The van der Waals surface area contributed by atoms with Crippen LogP contribution in [0.2, 0.25) is 0 Å². The third kappa shape index (κ3) is 2.57. The molecule has 0 N–H and O–H groups in total. The molecule has 0 unspecified atom stereocenters. The zero-order valence-corrected chi connectivity index (χ0v) is 9.43. The van der Waals surface area contributed by atoms with Crippen molar-refractivity contribution in [2.24, 2.45) is 4.99 Å². The van der Waals surface area contributed by atoms with Gasteiger partial charge in [-0.2, -0.15) is 0 Å². The van der Waals surface area contributed by atoms with Gasteiger partial charge in [0.1, 0.15) is 0 Å². The Balaban J connectivity index is 2.33. The molecule has 2 aromatic rings. The van der Waals surface area contributed by atoms with E-state index in [4.69, 9.17) is 0 Å². The summed E-state index contributed by atoms with van der Waals surface area (Å²) in [7, 11) is 0. The van der Waals surface area contributed by atoms with Gasteiger partial charge in [0.05, 0.1) is 0 Å². The van der Waals surface area contributed by atoms with Crippen LogP contribution in [0.1, 0.15) is 12.5 Å². The summed E-state index contributed by atoms with van der Waals surface area (Å²) in [6, 6.07) is 18.8. The van der Waals surface area contributed by atoms with Crippen LogP contribution >= 0.6 is 0 Å². The smallest absolute Gasteiger partial charge is 0.0361 e. The number of hydrogen-bond acceptors (Lipinski definition) is 1. The summed E-state index contributed by atoms with van der Waals surface area (Å²) in [6.45, 7) is 2.87. The van der Waals surface area contributed by atoms with Crippen LogP contribution in [0.4, 0.5) is 0 Å². The second kappa shape index (κ2) is 5.26. The maximum absolute atomic E-state index is 4.25. The topological polar surface area (TPSA) is 12.4 Å². The molecule has 0 aromatic heterocycles. The predicted molar refractivity (Wildman–Crippen MR) is 70.0 cm³/mol. The standard InChI is InChI=1S/C15H15N/c1-2-16-12-13-7-6-10-15(11-13)14-8-4-3-5-9-14/h3-12H,2H2,1H3. The Hall–Kier alpha value is -1.89. The Morgan fingerprint density at radius 2 is 1.69 bits per heavy atom. The number of aliphatic imine (C=N–C) groups is 1. The van der Waals surface area contributed by atoms with E-state index in [0.717, 1.165) is 12.1 Å². The van der Waals surface area contributed by atoms with Gasteiger partial charge in [-0.25, -0.2) is 0 Å². The van der Waals surface area contributed by atoms with Crippen LogP contribution in [0, 0.1) is 0 Å². The fourth-order valence-corrected chi connectivity index (χ4v) is 1.63. The zero-order valence-electron chi connectivity index (χ0n) is 9.43. The van der Waals surface area contributed by atoms with Gasteiger partial charge < -0.3 is 0 Å². The minimum atomic E-state index is 0.829. The quantitative estimate of drug-likeness (QED) is 0.682. The molecule has 0 aliphatic carbocycles. The van der Waals surface area contributed by atoms with Crippen LogP contribution in [0.15, 0.2) is 59.6 Å². The second-order valence-electron chi connectivity index (χ2n) is 3.62. The van der Waals surface area contributed by atoms with Gasteiger partial charge in [0.15, 0.2) is 0 Å². The van der Waals surface area contributed by atoms with Crippen LogP contribution in [0.3, 0.4) is 0 Å². The lowest BCUT2D eigenvalue weighted by Gasteiger charge is -2.02. The van der Waals surface area contributed by atoms with Gasteiger partial charge in [-0.1, -0.05) is 48.5 Å². The number of benzene rings is 2. The highest BCUT2D eigenvalue weighted by atomic mass is 14.7. The minimum absolute atomic E-state index is 0.829. The molecule has 0 aliphatic heterocycles. The van der Waals surface area contributed by atoms with E-state index in [9.17, 15) is 0 Å². The summed E-state index contributed by atoms with van der Waals surface area (Å²) >= 11 is 0. The summed E-state index contributed by atoms with van der Waals surface area (Å²) in [6.07, 6.45) is 1.92. The summed E-state index contributed by atoms with van der Waals surface area (Å²) in [5.41, 5.74) is 3.64. The van der Waals surface area contributed by atoms with E-state index in [0.29, 0.717) is 0 Å². The fraction of sp³-hybridized carbons (Fsp3) is 0.133. The Morgan fingerprint density at radius 1 is 0.938 bits per heavy atom. The van der Waals surface area contributed by atoms with Crippen LogP contribution in [0.25, 0.3) is 11.1 Å². The van der Waals surface area contributed by atoms with Gasteiger partial charge in [0.25, 0.3) is 0 Å². The Labute approximate surface area is 96.5 Å². The van der Waals surface area contributed by atoms with E-state index < -0.39 is 0 Å². The SMILES string of the molecule is CCN=Cc1cccc(-c2ccccc2)c1. The molecule has 2 aromatic carbocycles. The normalized spacial score (nSPS) is 10.8. The van der Waals surface area contributed by atoms with Gasteiger partial charge in [-0.05, 0) is 29.7 Å². The first-order chi connectivity index (χ1) is 7.90. The Morgan fingerprint density at radius 3 is 2.44 bits per heavy atom. The van der Waals surface area contributed by atoms with Gasteiger partial charge in [0.2, 0.25) is 0 Å². The lowest BCUT2D eigenvalue weighted by molar-refractivity contribution is 1.14. The van der Waals surface area contributed by atoms with Crippen molar-refractivity contribution < 1.29 is 0 Å². The molecule has 1 heteroatoms. The molecule has 0 heterocycles. The first-order valence-corrected chi connectivity index (χ1v) is 5.55. The number of nitrogens with zero attached hydrogens (tertiary/aromatic N) is 1. The largest absolute Gasteiger partial charge is 0.293 e. The molecule has 0 amide bonds. The van der Waals surface area contributed by atoms with Crippen molar-refractivity contribution in [3.63, 3.8) is 0 Å². The molecular formula is C15H15N. The maximum atomic E-state index is 4.25. The molecule has 80 valence electrons. The van der Waals surface area contributed by atoms with E-state index in [1.165, 1.54) is 11.1 Å². The third-order valence-corrected chi connectivity index (χ3v) is 2.42. The molecule has 1 nitrogen and oxygen atoms in total. The average Bonchev–Trinajstić information content (AvgIpc) is 2.38. The van der Waals surface area contributed by atoms with Gasteiger partial charge in [0, 0.05) is 12.8 Å². The van der Waals surface area contributed by atoms with Gasteiger partial charge in [-0.3, -0.25) is 4.99 Å². The highest BCUT2D eigenvalue weighted by molar-refractivity contribution is 5.82. The molecule has 0 atom stereocenters. The molecule has 0 bridgehead atoms. The summed E-state index contributed by atoms with van der Waals surface area (Å²) in [4.78, 5) is 4.25. The van der Waals surface area contributed by atoms with E-state index in [1.54, 1.807) is 0 Å². The fourth-order valence-electron chi connectivity index (χ4n) is 1.63. The first-order valence-electron chi connectivity index (χ1n) is 5.55. The van der Waals surface area contributed by atoms with Crippen LogP contribution in [-0.4, -0.2) is 12.8 Å². The van der Waals surface area contributed by atoms with Crippen LogP contribution in [0.5, 0.6) is 0 Å². The van der Waals surface area contributed by atoms with Crippen LogP contribution < -0.4 is 0 Å². The van der Waals surface area contributed by atoms with E-state index >= 15 is 0 Å². The molecule has 0 saturated heterocycles. The van der Waals surface area contributed by atoms with Gasteiger partial charge >= 0.3 is 0 Å². The van der Waals surface area contributed by atoms with Crippen molar-refractivity contribution in [2.75, 3.05) is 6.54 Å². The van der Waals surface area contributed by atoms with Crippen molar-refractivity contribution in [1.29, 1.82) is 0 Å². The van der Waals surface area contributed by atoms with Gasteiger partial charge in [-0.15, -0.1) is 0 Å². The number of rotatable bonds is 3. The molecular weight excluding hydrogens is 194 g/mol. The number of hydrogen-bond donors (Lipinski definition) is 0. The minimum Gasteiger partial charge on any atom is -0.293 e. The Kier molecular flexibility index (Phi) is 3.50. The molecule has 0 radical (unpaired) electrons. The van der Waals surface area contributed by atoms with Crippen molar-refractivity contribution in [1.82, 2.24) is 0 Å². The highest BCUT2D eigenvalue weighted by Gasteiger charge is 1.96. The van der Waals surface area contributed by atoms with Crippen molar-refractivity contribution >= 4 is 6.21 Å². The van der Waals surface area contributed by atoms with Crippen molar-refractivity contribution in [2.45, 2.75) is 6.92 Å². The van der Waals surface area contributed by atoms with E-state index in [2.05, 4.69) is 53.5 Å². The van der Waals surface area contributed by atoms with Crippen molar-refractivity contribution in [3.05, 3.63) is 60.2 Å². The molecule has 16 heavy (non-hydrogen) atoms. The lowest BCUT2D eigenvalue weighted by atomic mass is 10.0. The first kappa shape index (κ1) is 10.6. The van der Waals surface area contributed by atoms with Crippen molar-refractivity contribution in [3.8, 4) is 11.1 Å². The third-order valence-electron chi connectivity index (χ3n) is 2.42. The zero-order chi connectivity index (χ0) is 11.2. The summed E-state index contributed by atoms with van der Waals surface area (Å²) in [5.74, 6) is 0. The predicted octanol–water partition coefficient (Wildman–Crippen LogP) is 3.79. The maximum Gasteiger partial charge on any atom is 0.0361 e. The van der Waals surface area contributed by atoms with E-state index in [1.807, 2.05) is 19.2 Å². The monoisotopic (exact) mass is 209 g/mol. The lowest BCUT2D eigenvalue weighted by Crippen LogP contribution is -1.84. The second-order valence-corrected chi connectivity index (χ2v) is 3.62. The Bertz CT molecular complexity index is 472. The summed E-state index contributed by atoms with van der Waals surface area (Å²) < 4.78 is 0. The molecule has 0 fully saturated rings. The van der Waals surface area contributed by atoms with E-state index in [-0.39, 0.29) is 0 Å². The molecule has 0 aliphatic rings. The average molecular weight is 209 g/mol. The van der Waals surface area contributed by atoms with Crippen LogP contribution in [-0.2, 0) is 0 Å².